The molecule has 3 rings (SSSR count). The van der Waals surface area contributed by atoms with E-state index in [1.165, 1.54) is 44.3 Å². The quantitative estimate of drug-likeness (QED) is 0.918. The van der Waals surface area contributed by atoms with Gasteiger partial charge in [-0.1, -0.05) is 36.6 Å². The van der Waals surface area contributed by atoms with Crippen molar-refractivity contribution in [3.05, 3.63) is 34.9 Å². The van der Waals surface area contributed by atoms with Crippen molar-refractivity contribution in [1.29, 1.82) is 0 Å². The van der Waals surface area contributed by atoms with Crippen LogP contribution in [0.4, 0.5) is 0 Å². The summed E-state index contributed by atoms with van der Waals surface area (Å²) in [4.78, 5) is 2.63. The van der Waals surface area contributed by atoms with E-state index >= 15 is 0 Å². The van der Waals surface area contributed by atoms with Crippen LogP contribution in [0.5, 0.6) is 0 Å². The predicted octanol–water partition coefficient (Wildman–Crippen LogP) is 3.72. The summed E-state index contributed by atoms with van der Waals surface area (Å²) < 4.78 is 0. The average molecular weight is 307 g/mol. The third-order valence-electron chi connectivity index (χ3n) is 5.07. The van der Waals surface area contributed by atoms with Crippen molar-refractivity contribution in [2.24, 2.45) is 17.6 Å². The summed E-state index contributed by atoms with van der Waals surface area (Å²) in [5.74, 6) is 1.61. The Morgan fingerprint density at radius 3 is 2.48 bits per heavy atom. The van der Waals surface area contributed by atoms with Gasteiger partial charge in [0, 0.05) is 30.7 Å². The SMILES string of the molecule is NC1CC(Cc2ccc(Cl)cc2)CN(CC2CCCC2)C1. The fourth-order valence-corrected chi connectivity index (χ4v) is 4.28. The Balaban J connectivity index is 1.55. The molecule has 0 amide bonds. The van der Waals surface area contributed by atoms with Crippen LogP contribution < -0.4 is 5.73 Å². The molecule has 0 aromatic heterocycles. The summed E-state index contributed by atoms with van der Waals surface area (Å²) in [7, 11) is 0. The highest BCUT2D eigenvalue weighted by atomic mass is 35.5. The molecule has 1 saturated carbocycles. The molecular formula is C18H27ClN2. The van der Waals surface area contributed by atoms with Crippen LogP contribution >= 0.6 is 11.6 Å². The molecule has 3 heteroatoms. The van der Waals surface area contributed by atoms with E-state index < -0.39 is 0 Å². The Morgan fingerprint density at radius 1 is 1.05 bits per heavy atom. The molecule has 2 fully saturated rings. The Hall–Kier alpha value is -0.570. The molecule has 1 aromatic rings. The molecule has 21 heavy (non-hydrogen) atoms. The standard InChI is InChI=1S/C18H27ClN2/c19-17-7-5-14(6-8-17)9-16-10-18(20)13-21(12-16)11-15-3-1-2-4-15/h5-8,15-16,18H,1-4,9-13,20H2. The van der Waals surface area contributed by atoms with E-state index in [0.717, 1.165) is 30.3 Å². The number of benzene rings is 1. The van der Waals surface area contributed by atoms with Gasteiger partial charge in [0.05, 0.1) is 0 Å². The Bertz CT molecular complexity index is 439. The number of likely N-dealkylation sites (tertiary alicyclic amines) is 1. The van der Waals surface area contributed by atoms with E-state index in [-0.39, 0.29) is 0 Å². The number of hydrogen-bond donors (Lipinski definition) is 1. The molecule has 2 atom stereocenters. The minimum absolute atomic E-state index is 0.345. The first-order valence-corrected chi connectivity index (χ1v) is 8.79. The average Bonchev–Trinajstić information content (AvgIpc) is 2.93. The zero-order valence-electron chi connectivity index (χ0n) is 12.8. The van der Waals surface area contributed by atoms with Crippen LogP contribution in [0.25, 0.3) is 0 Å². The molecule has 2 unspecified atom stereocenters. The zero-order valence-corrected chi connectivity index (χ0v) is 13.6. The first kappa shape index (κ1) is 15.3. The second kappa shape index (κ2) is 7.13. The van der Waals surface area contributed by atoms with Crippen LogP contribution in [0.3, 0.4) is 0 Å². The van der Waals surface area contributed by atoms with Gasteiger partial charge in [-0.2, -0.15) is 0 Å². The fraction of sp³-hybridized carbons (Fsp3) is 0.667. The fourth-order valence-electron chi connectivity index (χ4n) is 4.16. The molecule has 0 bridgehead atoms. The molecule has 0 radical (unpaired) electrons. The third-order valence-corrected chi connectivity index (χ3v) is 5.33. The van der Waals surface area contributed by atoms with Crippen molar-refractivity contribution in [1.82, 2.24) is 4.90 Å². The topological polar surface area (TPSA) is 29.3 Å². The van der Waals surface area contributed by atoms with Gasteiger partial charge >= 0.3 is 0 Å². The van der Waals surface area contributed by atoms with Gasteiger partial charge in [-0.25, -0.2) is 0 Å². The minimum atomic E-state index is 0.345. The van der Waals surface area contributed by atoms with Gasteiger partial charge in [0.25, 0.3) is 0 Å². The molecule has 1 aliphatic heterocycles. The van der Waals surface area contributed by atoms with Crippen LogP contribution in [-0.4, -0.2) is 30.6 Å². The lowest BCUT2D eigenvalue weighted by molar-refractivity contribution is 0.136. The lowest BCUT2D eigenvalue weighted by Gasteiger charge is -2.37. The lowest BCUT2D eigenvalue weighted by atomic mass is 9.88. The maximum absolute atomic E-state index is 6.30. The summed E-state index contributed by atoms with van der Waals surface area (Å²) in [6, 6.07) is 8.65. The molecule has 0 spiro atoms. The monoisotopic (exact) mass is 306 g/mol. The van der Waals surface area contributed by atoms with E-state index in [1.54, 1.807) is 0 Å². The molecule has 2 N–H and O–H groups in total. The first-order chi connectivity index (χ1) is 10.2. The summed E-state index contributed by atoms with van der Waals surface area (Å²) in [5, 5.41) is 0.821. The number of hydrogen-bond acceptors (Lipinski definition) is 2. The van der Waals surface area contributed by atoms with E-state index in [0.29, 0.717) is 12.0 Å². The Labute approximate surface area is 133 Å². The summed E-state index contributed by atoms with van der Waals surface area (Å²) >= 11 is 5.97. The van der Waals surface area contributed by atoms with E-state index in [9.17, 15) is 0 Å². The summed E-state index contributed by atoms with van der Waals surface area (Å²) in [6.45, 7) is 3.57. The second-order valence-electron chi connectivity index (χ2n) is 7.06. The highest BCUT2D eigenvalue weighted by molar-refractivity contribution is 6.30. The number of nitrogens with two attached hydrogens (primary N) is 1. The summed E-state index contributed by atoms with van der Waals surface area (Å²) in [5.41, 5.74) is 7.69. The Kier molecular flexibility index (Phi) is 5.20. The van der Waals surface area contributed by atoms with Crippen LogP contribution in [0.2, 0.25) is 5.02 Å². The molecule has 2 aliphatic rings. The van der Waals surface area contributed by atoms with E-state index in [4.69, 9.17) is 17.3 Å². The predicted molar refractivity (Wildman–Crippen MR) is 89.6 cm³/mol. The smallest absolute Gasteiger partial charge is 0.0406 e. The third kappa shape index (κ3) is 4.45. The van der Waals surface area contributed by atoms with Crippen molar-refractivity contribution in [3.8, 4) is 0 Å². The second-order valence-corrected chi connectivity index (χ2v) is 7.50. The van der Waals surface area contributed by atoms with Crippen molar-refractivity contribution in [2.75, 3.05) is 19.6 Å². The van der Waals surface area contributed by atoms with E-state index in [2.05, 4.69) is 17.0 Å². The highest BCUT2D eigenvalue weighted by Gasteiger charge is 2.27. The number of rotatable bonds is 4. The molecule has 2 nitrogen and oxygen atoms in total. The van der Waals surface area contributed by atoms with Crippen LogP contribution in [-0.2, 0) is 6.42 Å². The van der Waals surface area contributed by atoms with Gasteiger partial charge in [0.2, 0.25) is 0 Å². The van der Waals surface area contributed by atoms with Crippen LogP contribution in [0.15, 0.2) is 24.3 Å². The minimum Gasteiger partial charge on any atom is -0.327 e. The van der Waals surface area contributed by atoms with Gasteiger partial charge in [-0.3, -0.25) is 0 Å². The van der Waals surface area contributed by atoms with Crippen LogP contribution in [0, 0.1) is 11.8 Å². The van der Waals surface area contributed by atoms with Gasteiger partial charge in [0.15, 0.2) is 0 Å². The molecule has 1 aromatic carbocycles. The zero-order chi connectivity index (χ0) is 14.7. The first-order valence-electron chi connectivity index (χ1n) is 8.41. The summed E-state index contributed by atoms with van der Waals surface area (Å²) in [6.07, 6.45) is 7.99. The molecule has 1 saturated heterocycles. The van der Waals surface area contributed by atoms with Gasteiger partial charge in [-0.15, -0.1) is 0 Å². The molecule has 1 aliphatic carbocycles. The normalized spacial score (nSPS) is 28.1. The lowest BCUT2D eigenvalue weighted by Crippen LogP contribution is -2.48. The van der Waals surface area contributed by atoms with Gasteiger partial charge < -0.3 is 10.6 Å². The van der Waals surface area contributed by atoms with Crippen molar-refractivity contribution >= 4 is 11.6 Å². The van der Waals surface area contributed by atoms with Gasteiger partial charge in [-0.05, 0) is 55.2 Å². The maximum Gasteiger partial charge on any atom is 0.0406 e. The Morgan fingerprint density at radius 2 is 1.76 bits per heavy atom. The number of halogens is 1. The van der Waals surface area contributed by atoms with Crippen LogP contribution in [0.1, 0.15) is 37.7 Å². The van der Waals surface area contributed by atoms with Gasteiger partial charge in [0.1, 0.15) is 0 Å². The molecular weight excluding hydrogens is 280 g/mol. The van der Waals surface area contributed by atoms with E-state index in [1.807, 2.05) is 12.1 Å². The molecule has 116 valence electrons. The van der Waals surface area contributed by atoms with Crippen molar-refractivity contribution < 1.29 is 0 Å². The number of piperidine rings is 1. The highest BCUT2D eigenvalue weighted by Crippen LogP contribution is 2.28. The molecule has 1 heterocycles. The largest absolute Gasteiger partial charge is 0.327 e. The van der Waals surface area contributed by atoms with Crippen molar-refractivity contribution in [2.45, 2.75) is 44.6 Å². The van der Waals surface area contributed by atoms with Crippen molar-refractivity contribution in [3.63, 3.8) is 0 Å². The number of nitrogens with zero attached hydrogens (tertiary/aromatic N) is 1. The maximum atomic E-state index is 6.30.